The molecule has 0 aliphatic heterocycles. The maximum absolute atomic E-state index is 10.2. The molecule has 0 spiro atoms. The number of imidazole rings is 1. The van der Waals surface area contributed by atoms with Crippen molar-refractivity contribution in [3.05, 3.63) is 22.1 Å². The topological polar surface area (TPSA) is 61.0 Å². The summed E-state index contributed by atoms with van der Waals surface area (Å²) in [6.45, 7) is 1.61. The van der Waals surface area contributed by atoms with Gasteiger partial charge in [0.2, 0.25) is 0 Å². The van der Waals surface area contributed by atoms with Gasteiger partial charge in [0.1, 0.15) is 5.69 Å². The van der Waals surface area contributed by atoms with E-state index in [2.05, 4.69) is 4.98 Å². The number of hydrogen-bond acceptors (Lipinski definition) is 3. The summed E-state index contributed by atoms with van der Waals surface area (Å²) >= 11 is 0. The fourth-order valence-corrected chi connectivity index (χ4v) is 0.802. The third-order valence-corrected chi connectivity index (χ3v) is 1.26. The van der Waals surface area contributed by atoms with Crippen molar-refractivity contribution in [1.29, 1.82) is 0 Å². The largest absolute Gasteiger partial charge is 0.358 e. The molecule has 0 N–H and O–H groups in total. The molecule has 0 unspecified atom stereocenters. The molecule has 0 aliphatic carbocycles. The van der Waals surface area contributed by atoms with Crippen LogP contribution in [-0.2, 0) is 7.05 Å². The van der Waals surface area contributed by atoms with E-state index in [9.17, 15) is 10.1 Å². The molecule has 0 saturated carbocycles. The van der Waals surface area contributed by atoms with E-state index in [1.54, 1.807) is 14.0 Å². The van der Waals surface area contributed by atoms with Gasteiger partial charge in [0.05, 0.1) is 7.05 Å². The quantitative estimate of drug-likeness (QED) is 0.425. The summed E-state index contributed by atoms with van der Waals surface area (Å²) in [6, 6.07) is 0. The molecule has 0 fully saturated rings. The second-order valence-electron chi connectivity index (χ2n) is 2.02. The van der Waals surface area contributed by atoms with Crippen molar-refractivity contribution in [3.8, 4) is 0 Å². The van der Waals surface area contributed by atoms with Crippen LogP contribution in [0.25, 0.3) is 0 Å². The maximum atomic E-state index is 10.2. The van der Waals surface area contributed by atoms with Crippen LogP contribution in [0.4, 0.5) is 5.82 Å². The summed E-state index contributed by atoms with van der Waals surface area (Å²) in [7, 11) is 1.60. The SMILES string of the molecule is Cc1ncn(C)c1[N+](=O)[O-]. The molecule has 1 heterocycles. The zero-order valence-electron chi connectivity index (χ0n) is 5.74. The number of nitro groups is 1. The minimum Gasteiger partial charge on any atom is -0.358 e. The Kier molecular flexibility index (Phi) is 1.41. The smallest absolute Gasteiger partial charge is 0.345 e. The van der Waals surface area contributed by atoms with E-state index >= 15 is 0 Å². The van der Waals surface area contributed by atoms with Gasteiger partial charge in [-0.2, -0.15) is 0 Å². The molecular formula is C5H7N3O2. The summed E-state index contributed by atoms with van der Waals surface area (Å²) in [5, 5.41) is 10.2. The normalized spacial score (nSPS) is 9.80. The summed E-state index contributed by atoms with van der Waals surface area (Å²) in [6.07, 6.45) is 1.42. The van der Waals surface area contributed by atoms with E-state index in [0.29, 0.717) is 5.69 Å². The molecule has 0 radical (unpaired) electrons. The molecule has 0 atom stereocenters. The first-order chi connectivity index (χ1) is 4.63. The highest BCUT2D eigenvalue weighted by molar-refractivity contribution is 5.25. The Morgan fingerprint density at radius 1 is 1.80 bits per heavy atom. The minimum atomic E-state index is -0.442. The standard InChI is InChI=1S/C5H7N3O2/c1-4-5(8(9)10)7(2)3-6-4/h3H,1-2H3. The van der Waals surface area contributed by atoms with Crippen molar-refractivity contribution in [2.24, 2.45) is 7.05 Å². The van der Waals surface area contributed by atoms with Gasteiger partial charge in [0.25, 0.3) is 0 Å². The van der Waals surface area contributed by atoms with Crippen LogP contribution in [0.3, 0.4) is 0 Å². The predicted octanol–water partition coefficient (Wildman–Crippen LogP) is 0.637. The molecule has 0 amide bonds. The van der Waals surface area contributed by atoms with Crippen molar-refractivity contribution in [1.82, 2.24) is 9.55 Å². The van der Waals surface area contributed by atoms with Crippen molar-refractivity contribution < 1.29 is 4.92 Å². The van der Waals surface area contributed by atoms with Crippen molar-refractivity contribution >= 4 is 5.82 Å². The summed E-state index contributed by atoms with van der Waals surface area (Å²) in [4.78, 5) is 13.6. The Bertz CT molecular complexity index is 246. The van der Waals surface area contributed by atoms with Gasteiger partial charge in [0.15, 0.2) is 6.33 Å². The monoisotopic (exact) mass is 141 g/mol. The van der Waals surface area contributed by atoms with Crippen LogP contribution in [0.1, 0.15) is 5.69 Å². The van der Waals surface area contributed by atoms with Crippen molar-refractivity contribution in [2.45, 2.75) is 6.92 Å². The van der Waals surface area contributed by atoms with Gasteiger partial charge in [-0.1, -0.05) is 0 Å². The molecule has 54 valence electrons. The molecule has 0 saturated heterocycles. The summed E-state index contributed by atoms with van der Waals surface area (Å²) in [5.74, 6) is 0.0556. The summed E-state index contributed by atoms with van der Waals surface area (Å²) in [5.41, 5.74) is 0.451. The van der Waals surface area contributed by atoms with E-state index in [1.807, 2.05) is 0 Å². The Hall–Kier alpha value is -1.39. The number of aryl methyl sites for hydroxylation is 2. The molecule has 10 heavy (non-hydrogen) atoms. The first-order valence-corrected chi connectivity index (χ1v) is 2.75. The zero-order valence-corrected chi connectivity index (χ0v) is 5.74. The van der Waals surface area contributed by atoms with Crippen LogP contribution in [0.15, 0.2) is 6.33 Å². The Morgan fingerprint density at radius 2 is 2.40 bits per heavy atom. The average molecular weight is 141 g/mol. The molecule has 1 aromatic rings. The minimum absolute atomic E-state index is 0.0556. The predicted molar refractivity (Wildman–Crippen MR) is 34.6 cm³/mol. The fourth-order valence-electron chi connectivity index (χ4n) is 0.802. The van der Waals surface area contributed by atoms with Gasteiger partial charge in [-0.3, -0.25) is 0 Å². The van der Waals surface area contributed by atoms with Gasteiger partial charge in [-0.15, -0.1) is 0 Å². The molecular weight excluding hydrogens is 134 g/mol. The lowest BCUT2D eigenvalue weighted by atomic mass is 10.5. The van der Waals surface area contributed by atoms with E-state index in [1.165, 1.54) is 10.9 Å². The lowest BCUT2D eigenvalue weighted by Gasteiger charge is -1.92. The first-order valence-electron chi connectivity index (χ1n) is 2.75. The Morgan fingerprint density at radius 3 is 2.60 bits per heavy atom. The number of nitrogens with zero attached hydrogens (tertiary/aromatic N) is 3. The number of hydrogen-bond donors (Lipinski definition) is 0. The maximum Gasteiger partial charge on any atom is 0.345 e. The second-order valence-corrected chi connectivity index (χ2v) is 2.02. The van der Waals surface area contributed by atoms with Crippen LogP contribution in [-0.4, -0.2) is 14.5 Å². The molecule has 0 aromatic carbocycles. The van der Waals surface area contributed by atoms with Crippen LogP contribution in [0, 0.1) is 17.0 Å². The highest BCUT2D eigenvalue weighted by Crippen LogP contribution is 2.13. The van der Waals surface area contributed by atoms with Gasteiger partial charge in [0, 0.05) is 0 Å². The van der Waals surface area contributed by atoms with Crippen molar-refractivity contribution in [2.75, 3.05) is 0 Å². The molecule has 1 rings (SSSR count). The molecule has 5 heteroatoms. The number of aromatic nitrogens is 2. The third kappa shape index (κ3) is 0.854. The van der Waals surface area contributed by atoms with Crippen LogP contribution >= 0.6 is 0 Å². The lowest BCUT2D eigenvalue weighted by Crippen LogP contribution is -1.96. The van der Waals surface area contributed by atoms with Crippen molar-refractivity contribution in [3.63, 3.8) is 0 Å². The van der Waals surface area contributed by atoms with Crippen LogP contribution in [0.5, 0.6) is 0 Å². The third-order valence-electron chi connectivity index (χ3n) is 1.26. The Balaban J connectivity index is 3.23. The van der Waals surface area contributed by atoms with Crippen LogP contribution in [0.2, 0.25) is 0 Å². The molecule has 0 bridgehead atoms. The highest BCUT2D eigenvalue weighted by atomic mass is 16.6. The van der Waals surface area contributed by atoms with Gasteiger partial charge < -0.3 is 10.1 Å². The molecule has 1 aromatic heterocycles. The van der Waals surface area contributed by atoms with E-state index in [-0.39, 0.29) is 5.82 Å². The fraction of sp³-hybridized carbons (Fsp3) is 0.400. The first kappa shape index (κ1) is 6.73. The van der Waals surface area contributed by atoms with E-state index in [4.69, 9.17) is 0 Å². The Labute approximate surface area is 57.5 Å². The second kappa shape index (κ2) is 2.09. The van der Waals surface area contributed by atoms with Gasteiger partial charge >= 0.3 is 5.82 Å². The van der Waals surface area contributed by atoms with Crippen LogP contribution < -0.4 is 0 Å². The highest BCUT2D eigenvalue weighted by Gasteiger charge is 2.13. The zero-order chi connectivity index (χ0) is 7.72. The van der Waals surface area contributed by atoms with E-state index < -0.39 is 4.92 Å². The lowest BCUT2D eigenvalue weighted by molar-refractivity contribution is -0.392. The molecule has 0 aliphatic rings. The van der Waals surface area contributed by atoms with E-state index in [0.717, 1.165) is 0 Å². The van der Waals surface area contributed by atoms with Gasteiger partial charge in [-0.05, 0) is 11.8 Å². The number of rotatable bonds is 1. The molecule has 5 nitrogen and oxygen atoms in total. The summed E-state index contributed by atoms with van der Waals surface area (Å²) < 4.78 is 1.38. The average Bonchev–Trinajstić information content (AvgIpc) is 2.11. The van der Waals surface area contributed by atoms with Gasteiger partial charge in [-0.25, -0.2) is 9.55 Å².